The summed E-state index contributed by atoms with van der Waals surface area (Å²) >= 11 is 0. The first kappa shape index (κ1) is 10.3. The molecule has 0 saturated heterocycles. The van der Waals surface area contributed by atoms with E-state index in [0.717, 1.165) is 12.8 Å². The summed E-state index contributed by atoms with van der Waals surface area (Å²) in [5.41, 5.74) is 0. The van der Waals surface area contributed by atoms with E-state index in [-0.39, 0.29) is 5.78 Å². The molecule has 0 saturated carbocycles. The van der Waals surface area contributed by atoms with Crippen LogP contribution in [0.25, 0.3) is 0 Å². The molecule has 0 radical (unpaired) electrons. The van der Waals surface area contributed by atoms with Crippen LogP contribution in [0.4, 0.5) is 0 Å². The highest BCUT2D eigenvalue weighted by molar-refractivity contribution is 5.91. The number of ketones is 1. The second-order valence-electron chi connectivity index (χ2n) is 2.90. The molecule has 3 heteroatoms. The molecular weight excluding hydrogens is 144 g/mol. The summed E-state index contributed by atoms with van der Waals surface area (Å²) < 4.78 is 0. The van der Waals surface area contributed by atoms with Gasteiger partial charge in [0.1, 0.15) is 0 Å². The minimum absolute atomic E-state index is 0.273. The maximum Gasteiger partial charge on any atom is 0.156 e. The van der Waals surface area contributed by atoms with Crippen LogP contribution >= 0.6 is 0 Å². The molecule has 0 unspecified atom stereocenters. The van der Waals surface area contributed by atoms with Gasteiger partial charge < -0.3 is 10.2 Å². The first-order valence-electron chi connectivity index (χ1n) is 3.54. The molecule has 0 heterocycles. The maximum absolute atomic E-state index is 10.2. The van der Waals surface area contributed by atoms with Crippen molar-refractivity contribution in [1.29, 1.82) is 0 Å². The van der Waals surface area contributed by atoms with Crippen molar-refractivity contribution < 1.29 is 15.0 Å². The van der Waals surface area contributed by atoms with Gasteiger partial charge >= 0.3 is 0 Å². The van der Waals surface area contributed by atoms with Gasteiger partial charge in [0.15, 0.2) is 11.6 Å². The lowest BCUT2D eigenvalue weighted by Gasteiger charge is -2.03. The van der Waals surface area contributed by atoms with Crippen LogP contribution in [0.3, 0.4) is 0 Å². The SMILES string of the molecule is CC(C)(O)O.O=C1C=CCC1. The van der Waals surface area contributed by atoms with Crippen LogP contribution < -0.4 is 0 Å². The van der Waals surface area contributed by atoms with E-state index in [2.05, 4.69) is 0 Å². The standard InChI is InChI=1S/C5H6O.C3H8O2/c6-5-3-1-2-4-5;1-3(2,4)5/h1,3H,2,4H2;4-5H,1-2H3. The van der Waals surface area contributed by atoms with Crippen LogP contribution in [0.1, 0.15) is 26.7 Å². The Bertz CT molecular complexity index is 147. The van der Waals surface area contributed by atoms with Crippen LogP contribution in [-0.4, -0.2) is 21.8 Å². The van der Waals surface area contributed by atoms with E-state index < -0.39 is 5.79 Å². The molecule has 0 aromatic heterocycles. The Morgan fingerprint density at radius 2 is 1.91 bits per heavy atom. The summed E-state index contributed by atoms with van der Waals surface area (Å²) in [7, 11) is 0. The van der Waals surface area contributed by atoms with Crippen molar-refractivity contribution in [3.8, 4) is 0 Å². The quantitative estimate of drug-likeness (QED) is 0.508. The fourth-order valence-corrected chi connectivity index (χ4v) is 0.524. The van der Waals surface area contributed by atoms with Gasteiger partial charge in [0.05, 0.1) is 0 Å². The molecule has 0 atom stereocenters. The van der Waals surface area contributed by atoms with Gasteiger partial charge in [-0.1, -0.05) is 6.08 Å². The van der Waals surface area contributed by atoms with Crippen molar-refractivity contribution in [3.05, 3.63) is 12.2 Å². The molecule has 0 aliphatic heterocycles. The van der Waals surface area contributed by atoms with Gasteiger partial charge in [-0.05, 0) is 26.3 Å². The third kappa shape index (κ3) is 12.5. The molecule has 0 spiro atoms. The summed E-state index contributed by atoms with van der Waals surface area (Å²) in [5.74, 6) is -1.23. The number of allylic oxidation sites excluding steroid dienone is 2. The Morgan fingerprint density at radius 3 is 2.00 bits per heavy atom. The fraction of sp³-hybridized carbons (Fsp3) is 0.625. The molecule has 64 valence electrons. The van der Waals surface area contributed by atoms with Gasteiger partial charge in [-0.25, -0.2) is 0 Å². The largest absolute Gasteiger partial charge is 0.366 e. The molecule has 0 amide bonds. The van der Waals surface area contributed by atoms with Crippen molar-refractivity contribution >= 4 is 5.78 Å². The number of hydrogen-bond donors (Lipinski definition) is 2. The van der Waals surface area contributed by atoms with Gasteiger partial charge in [0, 0.05) is 6.42 Å². The van der Waals surface area contributed by atoms with E-state index >= 15 is 0 Å². The zero-order chi connectivity index (χ0) is 8.91. The van der Waals surface area contributed by atoms with Crippen molar-refractivity contribution in [2.45, 2.75) is 32.5 Å². The third-order valence-corrected chi connectivity index (χ3v) is 0.861. The number of rotatable bonds is 0. The third-order valence-electron chi connectivity index (χ3n) is 0.861. The smallest absolute Gasteiger partial charge is 0.156 e. The topological polar surface area (TPSA) is 57.5 Å². The molecule has 0 aromatic carbocycles. The Balaban J connectivity index is 0.000000187. The van der Waals surface area contributed by atoms with E-state index in [4.69, 9.17) is 10.2 Å². The Kier molecular flexibility index (Phi) is 4.00. The maximum atomic E-state index is 10.2. The molecular formula is C8H14O3. The lowest BCUT2D eigenvalue weighted by atomic mass is 10.3. The van der Waals surface area contributed by atoms with Gasteiger partial charge in [-0.15, -0.1) is 0 Å². The zero-order valence-electron chi connectivity index (χ0n) is 6.87. The second kappa shape index (κ2) is 4.26. The molecule has 0 fully saturated rings. The van der Waals surface area contributed by atoms with E-state index in [0.29, 0.717) is 0 Å². The van der Waals surface area contributed by atoms with Crippen molar-refractivity contribution in [2.24, 2.45) is 0 Å². The van der Waals surface area contributed by atoms with Crippen molar-refractivity contribution in [3.63, 3.8) is 0 Å². The normalized spacial score (nSPS) is 16.2. The zero-order valence-corrected chi connectivity index (χ0v) is 6.87. The Morgan fingerprint density at radius 1 is 1.45 bits per heavy atom. The average molecular weight is 158 g/mol. The summed E-state index contributed by atoms with van der Waals surface area (Å²) in [5, 5.41) is 16.2. The number of carbonyl (C=O) groups excluding carboxylic acids is 1. The monoisotopic (exact) mass is 158 g/mol. The Hall–Kier alpha value is -0.670. The van der Waals surface area contributed by atoms with Crippen molar-refractivity contribution in [2.75, 3.05) is 0 Å². The van der Waals surface area contributed by atoms with E-state index in [1.54, 1.807) is 6.08 Å². The lowest BCUT2D eigenvalue weighted by Crippen LogP contribution is -2.15. The van der Waals surface area contributed by atoms with Gasteiger partial charge in [0.2, 0.25) is 0 Å². The van der Waals surface area contributed by atoms with Crippen LogP contribution in [0, 0.1) is 0 Å². The molecule has 3 nitrogen and oxygen atoms in total. The van der Waals surface area contributed by atoms with Crippen LogP contribution in [0.2, 0.25) is 0 Å². The molecule has 1 aliphatic carbocycles. The predicted octanol–water partition coefficient (Wildman–Crippen LogP) is 0.613. The van der Waals surface area contributed by atoms with E-state index in [1.807, 2.05) is 6.08 Å². The molecule has 0 aromatic rings. The van der Waals surface area contributed by atoms with Crippen molar-refractivity contribution in [1.82, 2.24) is 0 Å². The highest BCUT2D eigenvalue weighted by Crippen LogP contribution is 2.01. The highest BCUT2D eigenvalue weighted by Gasteiger charge is 2.00. The predicted molar refractivity (Wildman–Crippen MR) is 41.9 cm³/mol. The number of hydrogen-bond acceptors (Lipinski definition) is 3. The average Bonchev–Trinajstić information content (AvgIpc) is 2.12. The summed E-state index contributed by atoms with van der Waals surface area (Å²) in [6, 6.07) is 0. The molecule has 0 bridgehead atoms. The fourth-order valence-electron chi connectivity index (χ4n) is 0.524. The molecule has 2 N–H and O–H groups in total. The molecule has 1 rings (SSSR count). The van der Waals surface area contributed by atoms with E-state index in [9.17, 15) is 4.79 Å². The summed E-state index contributed by atoms with van der Waals surface area (Å²) in [4.78, 5) is 10.2. The second-order valence-corrected chi connectivity index (χ2v) is 2.90. The molecule has 11 heavy (non-hydrogen) atoms. The van der Waals surface area contributed by atoms with Crippen LogP contribution in [-0.2, 0) is 4.79 Å². The van der Waals surface area contributed by atoms with Gasteiger partial charge in [-0.3, -0.25) is 4.79 Å². The van der Waals surface area contributed by atoms with E-state index in [1.165, 1.54) is 13.8 Å². The van der Waals surface area contributed by atoms with Crippen LogP contribution in [0.15, 0.2) is 12.2 Å². The number of carbonyl (C=O) groups is 1. The minimum Gasteiger partial charge on any atom is -0.366 e. The van der Waals surface area contributed by atoms with Crippen LogP contribution in [0.5, 0.6) is 0 Å². The number of aliphatic hydroxyl groups is 2. The highest BCUT2D eigenvalue weighted by atomic mass is 16.5. The summed E-state index contributed by atoms with van der Waals surface area (Å²) in [6.45, 7) is 2.60. The first-order valence-corrected chi connectivity index (χ1v) is 3.54. The Labute approximate surface area is 66.4 Å². The molecule has 1 aliphatic rings. The van der Waals surface area contributed by atoms with Gasteiger partial charge in [0.25, 0.3) is 0 Å². The van der Waals surface area contributed by atoms with Gasteiger partial charge in [-0.2, -0.15) is 0 Å². The summed E-state index contributed by atoms with van der Waals surface area (Å²) in [6.07, 6.45) is 5.24. The minimum atomic E-state index is -1.50. The lowest BCUT2D eigenvalue weighted by molar-refractivity contribution is -0.127. The first-order chi connectivity index (χ1) is 4.89.